The molecule has 1 N–H and O–H groups in total. The minimum absolute atomic E-state index is 0.0452. The lowest BCUT2D eigenvalue weighted by molar-refractivity contribution is -0.118. The van der Waals surface area contributed by atoms with E-state index in [-0.39, 0.29) is 18.3 Å². The Hall–Kier alpha value is -3.47. The summed E-state index contributed by atoms with van der Waals surface area (Å²) >= 11 is 0. The highest BCUT2D eigenvalue weighted by molar-refractivity contribution is 6.09. The highest BCUT2D eigenvalue weighted by Crippen LogP contribution is 2.19. The van der Waals surface area contributed by atoms with Crippen molar-refractivity contribution in [2.24, 2.45) is 0 Å². The molecule has 0 spiro atoms. The second-order valence-corrected chi connectivity index (χ2v) is 6.71. The van der Waals surface area contributed by atoms with Crippen molar-refractivity contribution >= 4 is 17.4 Å². The van der Waals surface area contributed by atoms with Crippen molar-refractivity contribution in [3.05, 3.63) is 89.7 Å². The number of benzene rings is 2. The average molecular weight is 374 g/mol. The second kappa shape index (κ2) is 8.95. The maximum absolute atomic E-state index is 12.6. The molecule has 3 rings (SSSR count). The molecule has 1 aromatic heterocycles. The van der Waals surface area contributed by atoms with Crippen LogP contribution >= 0.6 is 0 Å². The zero-order valence-electron chi connectivity index (χ0n) is 15.9. The van der Waals surface area contributed by atoms with Crippen molar-refractivity contribution in [2.75, 3.05) is 11.9 Å². The van der Waals surface area contributed by atoms with Gasteiger partial charge in [0.25, 0.3) is 5.91 Å². The van der Waals surface area contributed by atoms with Crippen molar-refractivity contribution in [1.82, 2.24) is 4.98 Å². The van der Waals surface area contributed by atoms with Crippen molar-refractivity contribution in [2.45, 2.75) is 19.8 Å². The van der Waals surface area contributed by atoms with Crippen molar-refractivity contribution in [3.8, 4) is 5.75 Å². The molecule has 0 aliphatic heterocycles. The van der Waals surface area contributed by atoms with Crippen LogP contribution in [0.15, 0.2) is 73.1 Å². The van der Waals surface area contributed by atoms with Crippen molar-refractivity contribution in [1.29, 1.82) is 0 Å². The van der Waals surface area contributed by atoms with Crippen LogP contribution in [0, 0.1) is 0 Å². The molecule has 5 nitrogen and oxygen atoms in total. The molecule has 142 valence electrons. The van der Waals surface area contributed by atoms with E-state index < -0.39 is 0 Å². The van der Waals surface area contributed by atoms with Gasteiger partial charge < -0.3 is 10.1 Å². The maximum atomic E-state index is 12.6. The van der Waals surface area contributed by atoms with Crippen LogP contribution < -0.4 is 10.1 Å². The molecule has 0 fully saturated rings. The number of hydrogen-bond acceptors (Lipinski definition) is 4. The van der Waals surface area contributed by atoms with Gasteiger partial charge in [0.05, 0.1) is 11.9 Å². The number of amides is 1. The van der Waals surface area contributed by atoms with E-state index in [2.05, 4.69) is 24.1 Å². The van der Waals surface area contributed by atoms with E-state index in [0.717, 1.165) is 0 Å². The van der Waals surface area contributed by atoms with Gasteiger partial charge in [-0.05, 0) is 47.9 Å². The summed E-state index contributed by atoms with van der Waals surface area (Å²) in [5, 5.41) is 2.70. The maximum Gasteiger partial charge on any atom is 0.262 e. The Balaban J connectivity index is 1.57. The van der Waals surface area contributed by atoms with Crippen LogP contribution in [-0.4, -0.2) is 23.3 Å². The van der Waals surface area contributed by atoms with Crippen molar-refractivity contribution in [3.63, 3.8) is 0 Å². The summed E-state index contributed by atoms with van der Waals surface area (Å²) < 4.78 is 5.48. The van der Waals surface area contributed by atoms with E-state index >= 15 is 0 Å². The Morgan fingerprint density at radius 3 is 2.18 bits per heavy atom. The molecule has 1 amide bonds. The Morgan fingerprint density at radius 2 is 1.61 bits per heavy atom. The lowest BCUT2D eigenvalue weighted by Crippen LogP contribution is -2.20. The largest absolute Gasteiger partial charge is 0.484 e. The number of ether oxygens (including phenoxy) is 1. The zero-order valence-corrected chi connectivity index (χ0v) is 15.9. The van der Waals surface area contributed by atoms with Gasteiger partial charge in [-0.1, -0.05) is 38.1 Å². The lowest BCUT2D eigenvalue weighted by atomic mass is 9.98. The third-order valence-electron chi connectivity index (χ3n) is 4.27. The number of carbonyl (C=O) groups excluding carboxylic acids is 2. The summed E-state index contributed by atoms with van der Waals surface area (Å²) in [5.41, 5.74) is 3.03. The van der Waals surface area contributed by atoms with Gasteiger partial charge in [0.2, 0.25) is 0 Å². The number of hydrogen-bond donors (Lipinski definition) is 1. The summed E-state index contributed by atoms with van der Waals surface area (Å²) in [5.74, 6) is 0.624. The standard InChI is InChI=1S/C23H22N2O3/c1-16(2)17-5-7-18(8-6-17)23(27)19-9-11-21(12-10-19)28-15-22(26)25-20-4-3-13-24-14-20/h3-14,16H,15H2,1-2H3,(H,25,26). The summed E-state index contributed by atoms with van der Waals surface area (Å²) in [7, 11) is 0. The Bertz CT molecular complexity index is 934. The molecule has 0 atom stereocenters. The molecule has 2 aromatic carbocycles. The third-order valence-corrected chi connectivity index (χ3v) is 4.27. The van der Waals surface area contributed by atoms with Gasteiger partial charge in [0.15, 0.2) is 12.4 Å². The number of ketones is 1. The smallest absolute Gasteiger partial charge is 0.262 e. The zero-order chi connectivity index (χ0) is 19.9. The van der Waals surface area contributed by atoms with E-state index in [1.807, 2.05) is 24.3 Å². The number of nitrogens with zero attached hydrogens (tertiary/aromatic N) is 1. The normalized spacial score (nSPS) is 10.5. The number of aromatic nitrogens is 1. The number of rotatable bonds is 7. The highest BCUT2D eigenvalue weighted by Gasteiger charge is 2.10. The van der Waals surface area contributed by atoms with Crippen LogP contribution in [-0.2, 0) is 4.79 Å². The van der Waals surface area contributed by atoms with Crippen LogP contribution in [0.5, 0.6) is 5.75 Å². The summed E-state index contributed by atoms with van der Waals surface area (Å²) in [6.07, 6.45) is 3.19. The van der Waals surface area contributed by atoms with E-state index in [9.17, 15) is 9.59 Å². The molecule has 28 heavy (non-hydrogen) atoms. The van der Waals surface area contributed by atoms with Crippen LogP contribution in [0.1, 0.15) is 41.3 Å². The highest BCUT2D eigenvalue weighted by atomic mass is 16.5. The first kappa shape index (κ1) is 19.3. The predicted octanol–water partition coefficient (Wildman–Crippen LogP) is 4.45. The van der Waals surface area contributed by atoms with Gasteiger partial charge in [0.1, 0.15) is 5.75 Å². The minimum Gasteiger partial charge on any atom is -0.484 e. The van der Waals surface area contributed by atoms with Gasteiger partial charge in [0, 0.05) is 17.3 Å². The molecule has 3 aromatic rings. The molecule has 1 heterocycles. The van der Waals surface area contributed by atoms with E-state index in [1.54, 1.807) is 48.8 Å². The van der Waals surface area contributed by atoms with Gasteiger partial charge in [-0.15, -0.1) is 0 Å². The fraction of sp³-hybridized carbons (Fsp3) is 0.174. The quantitative estimate of drug-likeness (QED) is 0.620. The van der Waals surface area contributed by atoms with Crippen molar-refractivity contribution < 1.29 is 14.3 Å². The molecular weight excluding hydrogens is 352 g/mol. The second-order valence-electron chi connectivity index (χ2n) is 6.71. The summed E-state index contributed by atoms with van der Waals surface area (Å²) in [4.78, 5) is 28.4. The van der Waals surface area contributed by atoms with Gasteiger partial charge in [-0.2, -0.15) is 0 Å². The fourth-order valence-electron chi connectivity index (χ4n) is 2.67. The van der Waals surface area contributed by atoms with E-state index in [0.29, 0.717) is 28.5 Å². The average Bonchev–Trinajstić information content (AvgIpc) is 2.73. The van der Waals surface area contributed by atoms with Crippen LogP contribution in [0.25, 0.3) is 0 Å². The summed E-state index contributed by atoms with van der Waals surface area (Å²) in [6.45, 7) is 4.11. The SMILES string of the molecule is CC(C)c1ccc(C(=O)c2ccc(OCC(=O)Nc3cccnc3)cc2)cc1. The van der Waals surface area contributed by atoms with Crippen LogP contribution in [0.3, 0.4) is 0 Å². The predicted molar refractivity (Wildman–Crippen MR) is 109 cm³/mol. The lowest BCUT2D eigenvalue weighted by Gasteiger charge is -2.09. The van der Waals surface area contributed by atoms with E-state index in [4.69, 9.17) is 4.74 Å². The van der Waals surface area contributed by atoms with Crippen LogP contribution in [0.2, 0.25) is 0 Å². The Morgan fingerprint density at radius 1 is 0.964 bits per heavy atom. The molecule has 0 radical (unpaired) electrons. The number of nitrogens with one attached hydrogen (secondary N) is 1. The minimum atomic E-state index is -0.279. The number of anilines is 1. The fourth-order valence-corrected chi connectivity index (χ4v) is 2.67. The first-order valence-electron chi connectivity index (χ1n) is 9.10. The van der Waals surface area contributed by atoms with Gasteiger partial charge in [-0.25, -0.2) is 0 Å². The Labute approximate surface area is 164 Å². The molecule has 0 unspecified atom stereocenters. The first-order chi connectivity index (χ1) is 13.5. The molecule has 0 aliphatic carbocycles. The molecule has 0 bridgehead atoms. The molecule has 0 saturated carbocycles. The first-order valence-corrected chi connectivity index (χ1v) is 9.10. The molecular formula is C23H22N2O3. The summed E-state index contributed by atoms with van der Waals surface area (Å²) in [6, 6.07) is 17.9. The number of pyridine rings is 1. The topological polar surface area (TPSA) is 68.3 Å². The monoisotopic (exact) mass is 374 g/mol. The van der Waals surface area contributed by atoms with Gasteiger partial charge in [-0.3, -0.25) is 14.6 Å². The van der Waals surface area contributed by atoms with Crippen LogP contribution in [0.4, 0.5) is 5.69 Å². The molecule has 0 saturated heterocycles. The van der Waals surface area contributed by atoms with Gasteiger partial charge >= 0.3 is 0 Å². The third kappa shape index (κ3) is 5.04. The Kier molecular flexibility index (Phi) is 6.17. The molecule has 0 aliphatic rings. The number of carbonyl (C=O) groups is 2. The molecule has 5 heteroatoms. The van der Waals surface area contributed by atoms with E-state index in [1.165, 1.54) is 5.56 Å².